The van der Waals surface area contributed by atoms with E-state index >= 15 is 0 Å². The average molecular weight is 259 g/mol. The van der Waals surface area contributed by atoms with Crippen LogP contribution in [-0.4, -0.2) is 24.3 Å². The average Bonchev–Trinajstić information content (AvgIpc) is 2.42. The van der Waals surface area contributed by atoms with Crippen LogP contribution >= 0.6 is 0 Å². The Kier molecular flexibility index (Phi) is 5.15. The number of benzene rings is 1. The first-order chi connectivity index (χ1) is 9.16. The van der Waals surface area contributed by atoms with E-state index in [1.165, 1.54) is 30.4 Å². The molecule has 2 nitrogen and oxygen atoms in total. The zero-order valence-corrected chi connectivity index (χ0v) is 12.2. The van der Waals surface area contributed by atoms with Gasteiger partial charge in [-0.2, -0.15) is 0 Å². The summed E-state index contributed by atoms with van der Waals surface area (Å²) in [7, 11) is 2.05. The molecule has 1 saturated carbocycles. The van der Waals surface area contributed by atoms with Crippen LogP contribution < -0.4 is 0 Å². The van der Waals surface area contributed by atoms with Crippen LogP contribution in [0.3, 0.4) is 0 Å². The van der Waals surface area contributed by atoms with Gasteiger partial charge in [0.1, 0.15) is 5.78 Å². The molecule has 1 aliphatic rings. The third-order valence-corrected chi connectivity index (χ3v) is 4.19. The van der Waals surface area contributed by atoms with E-state index in [4.69, 9.17) is 0 Å². The molecule has 0 N–H and O–H groups in total. The molecule has 0 heterocycles. The normalized spacial score (nSPS) is 16.8. The minimum atomic E-state index is 0.327. The van der Waals surface area contributed by atoms with Gasteiger partial charge in [-0.05, 0) is 37.9 Å². The van der Waals surface area contributed by atoms with Gasteiger partial charge in [-0.25, -0.2) is 0 Å². The molecule has 0 bridgehead atoms. The highest BCUT2D eigenvalue weighted by atomic mass is 16.1. The molecule has 1 fully saturated rings. The van der Waals surface area contributed by atoms with E-state index in [1.807, 2.05) is 7.05 Å². The summed E-state index contributed by atoms with van der Waals surface area (Å²) in [6, 6.07) is 8.41. The largest absolute Gasteiger partial charge is 0.298 e. The summed E-state index contributed by atoms with van der Waals surface area (Å²) in [5, 5.41) is 0. The van der Waals surface area contributed by atoms with Gasteiger partial charge in [-0.15, -0.1) is 0 Å². The zero-order valence-electron chi connectivity index (χ0n) is 12.2. The molecule has 1 aromatic carbocycles. The van der Waals surface area contributed by atoms with Crippen LogP contribution in [0.15, 0.2) is 24.3 Å². The maximum atomic E-state index is 12.2. The van der Waals surface area contributed by atoms with Gasteiger partial charge in [-0.3, -0.25) is 9.69 Å². The summed E-state index contributed by atoms with van der Waals surface area (Å²) < 4.78 is 0. The van der Waals surface area contributed by atoms with Crippen molar-refractivity contribution in [2.24, 2.45) is 5.92 Å². The van der Waals surface area contributed by atoms with Gasteiger partial charge in [0.05, 0.1) is 6.54 Å². The van der Waals surface area contributed by atoms with Crippen LogP contribution in [-0.2, 0) is 11.3 Å². The van der Waals surface area contributed by atoms with Gasteiger partial charge >= 0.3 is 0 Å². The second-order valence-corrected chi connectivity index (χ2v) is 5.90. The highest BCUT2D eigenvalue weighted by molar-refractivity contribution is 5.83. The third-order valence-electron chi connectivity index (χ3n) is 4.19. The Labute approximate surface area is 116 Å². The second kappa shape index (κ2) is 6.85. The molecule has 0 aliphatic heterocycles. The molecular weight excluding hydrogens is 234 g/mol. The number of rotatable bonds is 5. The fourth-order valence-electron chi connectivity index (χ4n) is 2.95. The van der Waals surface area contributed by atoms with Crippen LogP contribution in [0.25, 0.3) is 0 Å². The van der Waals surface area contributed by atoms with Gasteiger partial charge in [0.25, 0.3) is 0 Å². The molecule has 0 unspecified atom stereocenters. The van der Waals surface area contributed by atoms with E-state index in [9.17, 15) is 4.79 Å². The lowest BCUT2D eigenvalue weighted by molar-refractivity contribution is -0.124. The molecular formula is C17H25NO. The molecule has 104 valence electrons. The van der Waals surface area contributed by atoms with E-state index < -0.39 is 0 Å². The number of likely N-dealkylation sites (N-methyl/N-ethyl adjacent to an activating group) is 1. The van der Waals surface area contributed by atoms with Crippen molar-refractivity contribution >= 4 is 5.78 Å². The predicted octanol–water partition coefficient (Wildman–Crippen LogP) is 3.58. The Balaban J connectivity index is 1.85. The SMILES string of the molecule is Cc1ccccc1CN(C)CC(=O)C1CCCCC1. The Bertz CT molecular complexity index is 421. The number of carbonyl (C=O) groups is 1. The van der Waals surface area contributed by atoms with Crippen molar-refractivity contribution in [3.05, 3.63) is 35.4 Å². The standard InChI is InChI=1S/C17H25NO/c1-14-8-6-7-11-16(14)12-18(2)13-17(19)15-9-4-3-5-10-15/h6-8,11,15H,3-5,9-10,12-13H2,1-2H3. The monoisotopic (exact) mass is 259 g/mol. The first-order valence-electron chi connectivity index (χ1n) is 7.42. The van der Waals surface area contributed by atoms with E-state index in [0.717, 1.165) is 19.4 Å². The minimum absolute atomic E-state index is 0.327. The van der Waals surface area contributed by atoms with Crippen molar-refractivity contribution in [1.29, 1.82) is 0 Å². The van der Waals surface area contributed by atoms with Crippen LogP contribution in [0.4, 0.5) is 0 Å². The summed E-state index contributed by atoms with van der Waals surface area (Å²) in [6.07, 6.45) is 5.99. The smallest absolute Gasteiger partial charge is 0.149 e. The lowest BCUT2D eigenvalue weighted by Gasteiger charge is -2.24. The van der Waals surface area contributed by atoms with Gasteiger partial charge < -0.3 is 0 Å². The Hall–Kier alpha value is -1.15. The van der Waals surface area contributed by atoms with Crippen molar-refractivity contribution in [2.45, 2.75) is 45.6 Å². The molecule has 0 saturated heterocycles. The molecule has 0 spiro atoms. The van der Waals surface area contributed by atoms with Crippen LogP contribution in [0.5, 0.6) is 0 Å². The van der Waals surface area contributed by atoms with Gasteiger partial charge in [0, 0.05) is 12.5 Å². The van der Waals surface area contributed by atoms with Crippen molar-refractivity contribution in [2.75, 3.05) is 13.6 Å². The summed E-state index contributed by atoms with van der Waals surface area (Å²) in [5.74, 6) is 0.767. The molecule has 0 aromatic heterocycles. The quantitative estimate of drug-likeness (QED) is 0.805. The molecule has 2 rings (SSSR count). The minimum Gasteiger partial charge on any atom is -0.298 e. The molecule has 1 aromatic rings. The molecule has 1 aliphatic carbocycles. The number of nitrogens with zero attached hydrogens (tertiary/aromatic N) is 1. The summed E-state index contributed by atoms with van der Waals surface area (Å²) in [4.78, 5) is 14.4. The zero-order chi connectivity index (χ0) is 13.7. The highest BCUT2D eigenvalue weighted by Crippen LogP contribution is 2.24. The van der Waals surface area contributed by atoms with E-state index in [1.54, 1.807) is 0 Å². The third kappa shape index (κ3) is 4.17. The lowest BCUT2D eigenvalue weighted by Crippen LogP contribution is -2.31. The number of aryl methyl sites for hydroxylation is 1. The Morgan fingerprint density at radius 3 is 2.58 bits per heavy atom. The first-order valence-corrected chi connectivity index (χ1v) is 7.42. The van der Waals surface area contributed by atoms with E-state index in [-0.39, 0.29) is 0 Å². The molecule has 19 heavy (non-hydrogen) atoms. The van der Waals surface area contributed by atoms with E-state index in [2.05, 4.69) is 36.1 Å². The Morgan fingerprint density at radius 1 is 1.21 bits per heavy atom. The van der Waals surface area contributed by atoms with Gasteiger partial charge in [-0.1, -0.05) is 43.5 Å². The molecule has 2 heteroatoms. The maximum Gasteiger partial charge on any atom is 0.149 e. The van der Waals surface area contributed by atoms with Crippen LogP contribution in [0.2, 0.25) is 0 Å². The number of hydrogen-bond donors (Lipinski definition) is 0. The van der Waals surface area contributed by atoms with Crippen molar-refractivity contribution in [1.82, 2.24) is 4.90 Å². The number of ketones is 1. The number of carbonyl (C=O) groups excluding carboxylic acids is 1. The maximum absolute atomic E-state index is 12.2. The Morgan fingerprint density at radius 2 is 1.89 bits per heavy atom. The first kappa shape index (κ1) is 14.3. The summed E-state index contributed by atoms with van der Waals surface area (Å²) >= 11 is 0. The van der Waals surface area contributed by atoms with Crippen molar-refractivity contribution < 1.29 is 4.79 Å². The summed E-state index contributed by atoms with van der Waals surface area (Å²) in [5.41, 5.74) is 2.63. The lowest BCUT2D eigenvalue weighted by atomic mass is 9.86. The fraction of sp³-hybridized carbons (Fsp3) is 0.588. The second-order valence-electron chi connectivity index (χ2n) is 5.90. The van der Waals surface area contributed by atoms with Crippen LogP contribution in [0, 0.1) is 12.8 Å². The molecule has 0 amide bonds. The fourth-order valence-corrected chi connectivity index (χ4v) is 2.95. The van der Waals surface area contributed by atoms with Crippen molar-refractivity contribution in [3.63, 3.8) is 0 Å². The number of hydrogen-bond acceptors (Lipinski definition) is 2. The van der Waals surface area contributed by atoms with Crippen molar-refractivity contribution in [3.8, 4) is 0 Å². The van der Waals surface area contributed by atoms with Gasteiger partial charge in [0.2, 0.25) is 0 Å². The number of Topliss-reactive ketones (excluding diaryl/α,β-unsaturated/α-hetero) is 1. The highest BCUT2D eigenvalue weighted by Gasteiger charge is 2.21. The molecule has 0 atom stereocenters. The van der Waals surface area contributed by atoms with E-state index in [0.29, 0.717) is 18.2 Å². The molecule has 0 radical (unpaired) electrons. The topological polar surface area (TPSA) is 20.3 Å². The van der Waals surface area contributed by atoms with Gasteiger partial charge in [0.15, 0.2) is 0 Å². The van der Waals surface area contributed by atoms with Crippen LogP contribution in [0.1, 0.15) is 43.2 Å². The summed E-state index contributed by atoms with van der Waals surface area (Å²) in [6.45, 7) is 3.59. The predicted molar refractivity (Wildman–Crippen MR) is 79.1 cm³/mol.